The highest BCUT2D eigenvalue weighted by Gasteiger charge is 2.06. The molecule has 0 bridgehead atoms. The second kappa shape index (κ2) is 5.87. The van der Waals surface area contributed by atoms with Crippen LogP contribution in [0.25, 0.3) is 0 Å². The fourth-order valence-electron chi connectivity index (χ4n) is 0.740. The lowest BCUT2D eigenvalue weighted by atomic mass is 10.2. The SMILES string of the molecule is CCC(C)N(C)C/C(Cl)=C/Cl. The average Bonchev–Trinajstić information content (AvgIpc) is 2.02. The highest BCUT2D eigenvalue weighted by atomic mass is 35.5. The van der Waals surface area contributed by atoms with Gasteiger partial charge in [0.1, 0.15) is 0 Å². The van der Waals surface area contributed by atoms with Crippen molar-refractivity contribution < 1.29 is 0 Å². The van der Waals surface area contributed by atoms with Crippen molar-refractivity contribution >= 4 is 23.2 Å². The molecule has 0 amide bonds. The molecule has 1 unspecified atom stereocenters. The molecule has 0 saturated heterocycles. The Bertz CT molecular complexity index is 134. The van der Waals surface area contributed by atoms with E-state index in [0.29, 0.717) is 11.1 Å². The Labute approximate surface area is 79.0 Å². The number of hydrogen-bond acceptors (Lipinski definition) is 1. The van der Waals surface area contributed by atoms with Gasteiger partial charge in [-0.2, -0.15) is 0 Å². The van der Waals surface area contributed by atoms with Crippen molar-refractivity contribution in [2.75, 3.05) is 13.6 Å². The molecule has 1 atom stereocenters. The molecular formula is C8H15Cl2N. The Kier molecular flexibility index (Phi) is 6.02. The molecule has 0 aliphatic heterocycles. The topological polar surface area (TPSA) is 3.24 Å². The molecule has 0 aromatic heterocycles. The first-order valence-corrected chi connectivity index (χ1v) is 4.58. The molecule has 0 aliphatic carbocycles. The van der Waals surface area contributed by atoms with Gasteiger partial charge in [-0.3, -0.25) is 4.90 Å². The summed E-state index contributed by atoms with van der Waals surface area (Å²) in [6.45, 7) is 5.05. The van der Waals surface area contributed by atoms with E-state index in [2.05, 4.69) is 18.7 Å². The summed E-state index contributed by atoms with van der Waals surface area (Å²) in [4.78, 5) is 2.17. The van der Waals surface area contributed by atoms with Crippen molar-refractivity contribution in [1.29, 1.82) is 0 Å². The molecule has 0 aliphatic rings. The van der Waals surface area contributed by atoms with Crippen LogP contribution < -0.4 is 0 Å². The van der Waals surface area contributed by atoms with Gasteiger partial charge in [0.05, 0.1) is 0 Å². The van der Waals surface area contributed by atoms with Gasteiger partial charge in [0, 0.05) is 23.2 Å². The maximum absolute atomic E-state index is 5.75. The van der Waals surface area contributed by atoms with Crippen molar-refractivity contribution in [1.82, 2.24) is 4.90 Å². The molecule has 0 heterocycles. The first-order valence-electron chi connectivity index (χ1n) is 3.76. The van der Waals surface area contributed by atoms with Crippen LogP contribution in [-0.2, 0) is 0 Å². The Balaban J connectivity index is 3.76. The molecule has 0 aromatic rings. The van der Waals surface area contributed by atoms with Gasteiger partial charge in [-0.05, 0) is 20.4 Å². The molecular weight excluding hydrogens is 181 g/mol. The van der Waals surface area contributed by atoms with Gasteiger partial charge >= 0.3 is 0 Å². The molecule has 0 fully saturated rings. The molecule has 0 N–H and O–H groups in total. The summed E-state index contributed by atoms with van der Waals surface area (Å²) in [6, 6.07) is 0.556. The zero-order chi connectivity index (χ0) is 8.85. The van der Waals surface area contributed by atoms with Gasteiger partial charge in [0.2, 0.25) is 0 Å². The average molecular weight is 196 g/mol. The van der Waals surface area contributed by atoms with Crippen molar-refractivity contribution in [3.8, 4) is 0 Å². The summed E-state index contributed by atoms with van der Waals surface area (Å²) in [5.74, 6) is 0. The van der Waals surface area contributed by atoms with Crippen LogP contribution in [0.4, 0.5) is 0 Å². The normalized spacial score (nSPS) is 15.6. The monoisotopic (exact) mass is 195 g/mol. The zero-order valence-corrected chi connectivity index (χ0v) is 8.78. The standard InChI is InChI=1S/C8H15Cl2N/c1-4-7(2)11(3)6-8(10)5-9/h5,7H,4,6H2,1-3H3/b8-5-. The van der Waals surface area contributed by atoms with E-state index in [4.69, 9.17) is 23.2 Å². The molecule has 11 heavy (non-hydrogen) atoms. The fourth-order valence-corrected chi connectivity index (χ4v) is 0.998. The van der Waals surface area contributed by atoms with Gasteiger partial charge in [-0.25, -0.2) is 0 Å². The van der Waals surface area contributed by atoms with Crippen molar-refractivity contribution in [3.63, 3.8) is 0 Å². The lowest BCUT2D eigenvalue weighted by Gasteiger charge is -2.22. The Hall–Kier alpha value is 0.280. The number of halogens is 2. The molecule has 0 rings (SSSR count). The van der Waals surface area contributed by atoms with Crippen LogP contribution in [0.1, 0.15) is 20.3 Å². The molecule has 66 valence electrons. The lowest BCUT2D eigenvalue weighted by molar-refractivity contribution is 0.276. The molecule has 1 nitrogen and oxygen atoms in total. The van der Waals surface area contributed by atoms with Gasteiger partial charge in [0.15, 0.2) is 0 Å². The summed E-state index contributed by atoms with van der Waals surface area (Å²) in [5.41, 5.74) is 1.42. The first-order chi connectivity index (χ1) is 5.11. The van der Waals surface area contributed by atoms with E-state index < -0.39 is 0 Å². The number of likely N-dealkylation sites (N-methyl/N-ethyl adjacent to an activating group) is 1. The van der Waals surface area contributed by atoms with Crippen LogP contribution >= 0.6 is 23.2 Å². The molecule has 3 heteroatoms. The van der Waals surface area contributed by atoms with Gasteiger partial charge < -0.3 is 0 Å². The van der Waals surface area contributed by atoms with E-state index >= 15 is 0 Å². The van der Waals surface area contributed by atoms with Crippen LogP contribution in [0.15, 0.2) is 10.6 Å². The number of hydrogen-bond donors (Lipinski definition) is 0. The smallest absolute Gasteiger partial charge is 0.0434 e. The highest BCUT2D eigenvalue weighted by molar-refractivity contribution is 6.36. The highest BCUT2D eigenvalue weighted by Crippen LogP contribution is 2.08. The predicted molar refractivity (Wildman–Crippen MR) is 52.2 cm³/mol. The summed E-state index contributed by atoms with van der Waals surface area (Å²) >= 11 is 11.2. The lowest BCUT2D eigenvalue weighted by Crippen LogP contribution is -2.29. The third-order valence-corrected chi connectivity index (χ3v) is 2.47. The predicted octanol–water partition coefficient (Wildman–Crippen LogP) is 3.04. The van der Waals surface area contributed by atoms with E-state index in [1.165, 1.54) is 5.54 Å². The first kappa shape index (κ1) is 11.3. The van der Waals surface area contributed by atoms with E-state index in [9.17, 15) is 0 Å². The van der Waals surface area contributed by atoms with Gasteiger partial charge in [-0.15, -0.1) is 0 Å². The molecule has 0 radical (unpaired) electrons. The third kappa shape index (κ3) is 4.67. The number of rotatable bonds is 4. The minimum absolute atomic E-state index is 0.556. The molecule has 0 saturated carbocycles. The Morgan fingerprint density at radius 3 is 2.55 bits per heavy atom. The quantitative estimate of drug-likeness (QED) is 0.667. The van der Waals surface area contributed by atoms with E-state index in [1.54, 1.807) is 0 Å². The van der Waals surface area contributed by atoms with Gasteiger partial charge in [-0.1, -0.05) is 30.1 Å². The van der Waals surface area contributed by atoms with Crippen LogP contribution in [0.2, 0.25) is 0 Å². The fraction of sp³-hybridized carbons (Fsp3) is 0.750. The van der Waals surface area contributed by atoms with Crippen LogP contribution in [0.3, 0.4) is 0 Å². The second-order valence-electron chi connectivity index (χ2n) is 2.73. The van der Waals surface area contributed by atoms with E-state index in [1.807, 2.05) is 7.05 Å². The van der Waals surface area contributed by atoms with Crippen molar-refractivity contribution in [2.24, 2.45) is 0 Å². The minimum Gasteiger partial charge on any atom is -0.299 e. The summed E-state index contributed by atoms with van der Waals surface area (Å²) in [5, 5.41) is 0.689. The summed E-state index contributed by atoms with van der Waals surface area (Å²) < 4.78 is 0. The van der Waals surface area contributed by atoms with Crippen molar-refractivity contribution in [2.45, 2.75) is 26.3 Å². The van der Waals surface area contributed by atoms with Crippen LogP contribution in [0.5, 0.6) is 0 Å². The van der Waals surface area contributed by atoms with Crippen LogP contribution in [0, 0.1) is 0 Å². The maximum Gasteiger partial charge on any atom is 0.0434 e. The third-order valence-electron chi connectivity index (χ3n) is 1.86. The summed E-state index contributed by atoms with van der Waals surface area (Å²) in [7, 11) is 2.04. The van der Waals surface area contributed by atoms with Crippen molar-refractivity contribution in [3.05, 3.63) is 10.6 Å². The van der Waals surface area contributed by atoms with E-state index in [0.717, 1.165) is 13.0 Å². The second-order valence-corrected chi connectivity index (χ2v) is 3.43. The Morgan fingerprint density at radius 1 is 1.64 bits per heavy atom. The van der Waals surface area contributed by atoms with Gasteiger partial charge in [0.25, 0.3) is 0 Å². The van der Waals surface area contributed by atoms with E-state index in [-0.39, 0.29) is 0 Å². The Morgan fingerprint density at radius 2 is 2.18 bits per heavy atom. The zero-order valence-electron chi connectivity index (χ0n) is 7.27. The van der Waals surface area contributed by atoms with Crippen LogP contribution in [-0.4, -0.2) is 24.5 Å². The minimum atomic E-state index is 0.556. The molecule has 0 aromatic carbocycles. The number of nitrogens with zero attached hydrogens (tertiary/aromatic N) is 1. The largest absolute Gasteiger partial charge is 0.299 e. The molecule has 0 spiro atoms. The summed E-state index contributed by atoms with van der Waals surface area (Å²) in [6.07, 6.45) is 1.13. The maximum atomic E-state index is 5.75.